The Balaban J connectivity index is 2.04. The van der Waals surface area contributed by atoms with Crippen LogP contribution in [0.2, 0.25) is 0 Å². The second kappa shape index (κ2) is 9.14. The summed E-state index contributed by atoms with van der Waals surface area (Å²) in [7, 11) is -7.22. The molecule has 0 aromatic heterocycles. The molecule has 4 aromatic rings. The molecule has 0 radical (unpaired) electrons. The number of benzene rings is 4. The molecule has 0 spiro atoms. The lowest BCUT2D eigenvalue weighted by molar-refractivity contribution is 0.496. The quantitative estimate of drug-likeness (QED) is 0.290. The van der Waals surface area contributed by atoms with E-state index in [1.54, 1.807) is 0 Å². The Bertz CT molecular complexity index is 1250. The molecule has 0 unspecified atom stereocenters. The predicted molar refractivity (Wildman–Crippen MR) is 131 cm³/mol. The van der Waals surface area contributed by atoms with Gasteiger partial charge in [-0.25, -0.2) is 8.02 Å². The van der Waals surface area contributed by atoms with Crippen LogP contribution in [0.15, 0.2) is 117 Å². The van der Waals surface area contributed by atoms with Crippen molar-refractivity contribution >= 4 is 20.4 Å². The zero-order valence-electron chi connectivity index (χ0n) is 18.7. The summed E-state index contributed by atoms with van der Waals surface area (Å²) in [6, 6.07) is 28.2. The number of hydrogen-bond donors (Lipinski definition) is 0. The van der Waals surface area contributed by atoms with Crippen LogP contribution in [0.4, 0.5) is 4.39 Å². The van der Waals surface area contributed by atoms with E-state index in [1.807, 2.05) is 93.6 Å². The summed E-state index contributed by atoms with van der Waals surface area (Å²) in [4.78, 5) is 1.65. The molecule has 0 N–H and O–H groups in total. The first-order valence-corrected chi connectivity index (χ1v) is 13.4. The van der Waals surface area contributed by atoms with E-state index in [0.717, 1.165) is 22.8 Å². The van der Waals surface area contributed by atoms with Crippen LogP contribution in [0, 0.1) is 26.6 Å². The van der Waals surface area contributed by atoms with Gasteiger partial charge in [0.2, 0.25) is 0 Å². The molecule has 0 atom stereocenters. The molecule has 0 aliphatic heterocycles. The second-order valence-corrected chi connectivity index (χ2v) is 12.4. The Labute approximate surface area is 196 Å². The predicted octanol–water partition coefficient (Wildman–Crippen LogP) is 7.35. The normalized spacial score (nSPS) is 12.5. The summed E-state index contributed by atoms with van der Waals surface area (Å²) in [5.41, 5.74) is 3.12. The molecule has 0 aliphatic rings. The SMILES string of the molecule is Cc1ccc(S(OS(=O)(=O)c2ccccc2F)(c2ccc(C)cc2)c2ccc(C)cc2)cc1. The maximum absolute atomic E-state index is 14.6. The lowest BCUT2D eigenvalue weighted by Gasteiger charge is -2.39. The summed E-state index contributed by atoms with van der Waals surface area (Å²) >= 11 is 0. The number of rotatable bonds is 6. The first-order valence-electron chi connectivity index (χ1n) is 10.5. The van der Waals surface area contributed by atoms with Crippen molar-refractivity contribution in [2.45, 2.75) is 40.4 Å². The van der Waals surface area contributed by atoms with Gasteiger partial charge in [0.15, 0.2) is 0 Å². The average molecular weight is 481 g/mol. The van der Waals surface area contributed by atoms with Gasteiger partial charge in [0.1, 0.15) is 10.7 Å². The summed E-state index contributed by atoms with van der Waals surface area (Å²) in [5, 5.41) is 0. The fraction of sp³-hybridized carbons (Fsp3) is 0.111. The summed E-state index contributed by atoms with van der Waals surface area (Å²) < 4.78 is 47.9. The van der Waals surface area contributed by atoms with Gasteiger partial charge in [0.05, 0.1) is 0 Å². The van der Waals surface area contributed by atoms with Crippen molar-refractivity contribution in [3.05, 3.63) is 120 Å². The summed E-state index contributed by atoms with van der Waals surface area (Å²) in [5.74, 6) is -0.845. The fourth-order valence-corrected chi connectivity index (χ4v) is 8.77. The van der Waals surface area contributed by atoms with Gasteiger partial charge in [-0.15, -0.1) is 0 Å². The van der Waals surface area contributed by atoms with Crippen LogP contribution in [0.1, 0.15) is 16.7 Å². The van der Waals surface area contributed by atoms with Crippen LogP contribution in [-0.2, 0) is 13.7 Å². The summed E-state index contributed by atoms with van der Waals surface area (Å²) in [6.45, 7) is 5.90. The molecule has 4 aromatic carbocycles. The van der Waals surface area contributed by atoms with Crippen LogP contribution in [0.5, 0.6) is 0 Å². The van der Waals surface area contributed by atoms with E-state index < -0.39 is 31.1 Å². The van der Waals surface area contributed by atoms with Crippen molar-refractivity contribution in [3.8, 4) is 0 Å². The zero-order chi connectivity index (χ0) is 23.6. The van der Waals surface area contributed by atoms with Gasteiger partial charge >= 0.3 is 10.1 Å². The molecule has 0 heterocycles. The van der Waals surface area contributed by atoms with Crippen molar-refractivity contribution in [2.24, 2.45) is 0 Å². The molecule has 0 fully saturated rings. The maximum Gasteiger partial charge on any atom is 0.310 e. The van der Waals surface area contributed by atoms with E-state index in [2.05, 4.69) is 0 Å². The molecule has 0 saturated carbocycles. The van der Waals surface area contributed by atoms with Crippen LogP contribution in [0.25, 0.3) is 0 Å². The Morgan fingerprint density at radius 1 is 0.576 bits per heavy atom. The molecule has 4 rings (SSSR count). The second-order valence-electron chi connectivity index (χ2n) is 7.95. The largest absolute Gasteiger partial charge is 0.310 e. The Kier molecular flexibility index (Phi) is 6.43. The minimum absolute atomic E-state index is 0.479. The van der Waals surface area contributed by atoms with Crippen molar-refractivity contribution in [2.75, 3.05) is 0 Å². The van der Waals surface area contributed by atoms with Gasteiger partial charge in [-0.05, 0) is 79.6 Å². The molecule has 0 bridgehead atoms. The Hall–Kier alpha value is -2.93. The highest BCUT2D eigenvalue weighted by atomic mass is 32.3. The molecule has 33 heavy (non-hydrogen) atoms. The lowest BCUT2D eigenvalue weighted by atomic mass is 10.2. The molecule has 0 amide bonds. The van der Waals surface area contributed by atoms with Gasteiger partial charge < -0.3 is 0 Å². The third-order valence-electron chi connectivity index (χ3n) is 5.36. The monoisotopic (exact) mass is 480 g/mol. The van der Waals surface area contributed by atoms with Crippen molar-refractivity contribution < 1.29 is 16.4 Å². The molecule has 0 aliphatic carbocycles. The van der Waals surface area contributed by atoms with Crippen molar-refractivity contribution in [1.82, 2.24) is 0 Å². The number of aryl methyl sites for hydroxylation is 3. The smallest absolute Gasteiger partial charge is 0.205 e. The Morgan fingerprint density at radius 3 is 1.30 bits per heavy atom. The Morgan fingerprint density at radius 2 is 0.939 bits per heavy atom. The molecular formula is C27H25FO3S2. The van der Waals surface area contributed by atoms with Gasteiger partial charge in [0.25, 0.3) is 0 Å². The standard InChI is InChI=1S/C27H25FO3S2/c1-20-8-14-23(15-9-20)32(24-16-10-21(2)11-17-24,25-18-12-22(3)13-19-25)31-33(29,30)27-7-5-4-6-26(27)28/h4-19H,1-3H3. The van der Waals surface area contributed by atoms with E-state index in [1.165, 1.54) is 18.2 Å². The third-order valence-corrected chi connectivity index (χ3v) is 10.6. The topological polar surface area (TPSA) is 43.4 Å². The molecule has 0 saturated heterocycles. The van der Waals surface area contributed by atoms with E-state index in [4.69, 9.17) is 3.63 Å². The van der Waals surface area contributed by atoms with Crippen molar-refractivity contribution in [1.29, 1.82) is 0 Å². The maximum atomic E-state index is 14.6. The van der Waals surface area contributed by atoms with E-state index in [9.17, 15) is 12.8 Å². The van der Waals surface area contributed by atoms with Gasteiger partial charge in [0, 0.05) is 14.7 Å². The first kappa shape index (κ1) is 23.2. The van der Waals surface area contributed by atoms with Crippen LogP contribution in [0.3, 0.4) is 0 Å². The van der Waals surface area contributed by atoms with Crippen molar-refractivity contribution in [3.63, 3.8) is 0 Å². The molecule has 6 heteroatoms. The molecule has 170 valence electrons. The first-order chi connectivity index (χ1) is 15.7. The van der Waals surface area contributed by atoms with Crippen LogP contribution in [-0.4, -0.2) is 8.42 Å². The minimum atomic E-state index is -4.46. The van der Waals surface area contributed by atoms with Crippen LogP contribution >= 0.6 is 10.3 Å². The average Bonchev–Trinajstić information content (AvgIpc) is 2.79. The van der Waals surface area contributed by atoms with Crippen LogP contribution < -0.4 is 0 Å². The highest BCUT2D eigenvalue weighted by Gasteiger charge is 2.39. The minimum Gasteiger partial charge on any atom is -0.205 e. The molecule has 3 nitrogen and oxygen atoms in total. The van der Waals surface area contributed by atoms with E-state index in [-0.39, 0.29) is 0 Å². The highest BCUT2D eigenvalue weighted by Crippen LogP contribution is 2.70. The number of hydrogen-bond acceptors (Lipinski definition) is 3. The van der Waals surface area contributed by atoms with Gasteiger partial charge in [-0.3, -0.25) is 0 Å². The van der Waals surface area contributed by atoms with Gasteiger partial charge in [-0.1, -0.05) is 65.2 Å². The fourth-order valence-electron chi connectivity index (χ4n) is 3.53. The third kappa shape index (κ3) is 4.60. The zero-order valence-corrected chi connectivity index (χ0v) is 20.3. The number of halogens is 1. The lowest BCUT2D eigenvalue weighted by Crippen LogP contribution is -2.15. The highest BCUT2D eigenvalue weighted by molar-refractivity contribution is 8.33. The van der Waals surface area contributed by atoms with E-state index in [0.29, 0.717) is 14.7 Å². The van der Waals surface area contributed by atoms with E-state index >= 15 is 0 Å². The summed E-state index contributed by atoms with van der Waals surface area (Å²) in [6.07, 6.45) is 0. The van der Waals surface area contributed by atoms with Gasteiger partial charge in [-0.2, -0.15) is 8.42 Å². The molecular weight excluding hydrogens is 455 g/mol.